The average Bonchev–Trinajstić information content (AvgIpc) is 2.78. The third kappa shape index (κ3) is 3.93. The van der Waals surface area contributed by atoms with Crippen molar-refractivity contribution in [3.8, 4) is 0 Å². The Morgan fingerprint density at radius 2 is 2.00 bits per heavy atom. The van der Waals surface area contributed by atoms with E-state index in [9.17, 15) is 17.6 Å². The van der Waals surface area contributed by atoms with Gasteiger partial charge >= 0.3 is 6.03 Å². The summed E-state index contributed by atoms with van der Waals surface area (Å²) in [5.41, 5.74) is 0.789. The number of nitrogens with zero attached hydrogens (tertiary/aromatic N) is 1. The summed E-state index contributed by atoms with van der Waals surface area (Å²) in [6, 6.07) is 5.01. The minimum atomic E-state index is -3.02. The highest BCUT2D eigenvalue weighted by molar-refractivity contribution is 7.91. The first-order valence-corrected chi connectivity index (χ1v) is 8.60. The summed E-state index contributed by atoms with van der Waals surface area (Å²) in [6.45, 7) is 1.80. The zero-order chi connectivity index (χ0) is 15.6. The molecule has 0 aliphatic carbocycles. The number of rotatable bonds is 3. The number of hydrogen-bond acceptors (Lipinski definition) is 3. The van der Waals surface area contributed by atoms with E-state index in [1.54, 1.807) is 26.1 Å². The Morgan fingerprint density at radius 1 is 1.38 bits per heavy atom. The van der Waals surface area contributed by atoms with Crippen LogP contribution in [0.15, 0.2) is 24.3 Å². The quantitative estimate of drug-likeness (QED) is 0.924. The van der Waals surface area contributed by atoms with Crippen molar-refractivity contribution in [2.45, 2.75) is 25.4 Å². The van der Waals surface area contributed by atoms with Crippen LogP contribution in [0.5, 0.6) is 0 Å². The molecule has 1 saturated heterocycles. The fraction of sp³-hybridized carbons (Fsp3) is 0.500. The second-order valence-corrected chi connectivity index (χ2v) is 7.62. The highest BCUT2D eigenvalue weighted by atomic mass is 32.2. The van der Waals surface area contributed by atoms with Gasteiger partial charge in [-0.25, -0.2) is 17.6 Å². The van der Waals surface area contributed by atoms with E-state index < -0.39 is 9.84 Å². The standard InChI is InChI=1S/C14H19FN2O3S/c1-10(11-3-5-12(15)6-4-11)16-14(18)17(2)13-7-8-21(19,20)9-13/h3-6,10,13H,7-9H2,1-2H3,(H,16,18)/t10-,13-/m0/s1. The smallest absolute Gasteiger partial charge is 0.317 e. The van der Waals surface area contributed by atoms with Gasteiger partial charge in [0.2, 0.25) is 0 Å². The molecule has 7 heteroatoms. The fourth-order valence-corrected chi connectivity index (χ4v) is 4.14. The van der Waals surface area contributed by atoms with Crippen LogP contribution in [0.2, 0.25) is 0 Å². The third-order valence-electron chi connectivity index (χ3n) is 3.79. The van der Waals surface area contributed by atoms with Crippen molar-refractivity contribution in [2.75, 3.05) is 18.6 Å². The average molecular weight is 314 g/mol. The molecule has 1 aliphatic heterocycles. The van der Waals surface area contributed by atoms with Gasteiger partial charge in [0.15, 0.2) is 9.84 Å². The van der Waals surface area contributed by atoms with Crippen LogP contribution in [-0.2, 0) is 9.84 Å². The molecule has 21 heavy (non-hydrogen) atoms. The Labute approximate surface area is 124 Å². The van der Waals surface area contributed by atoms with Crippen molar-refractivity contribution < 1.29 is 17.6 Å². The fourth-order valence-electron chi connectivity index (χ4n) is 2.37. The van der Waals surface area contributed by atoms with Crippen molar-refractivity contribution >= 4 is 15.9 Å². The first-order chi connectivity index (χ1) is 9.78. The van der Waals surface area contributed by atoms with Crippen LogP contribution in [0.4, 0.5) is 9.18 Å². The molecule has 2 atom stereocenters. The summed E-state index contributed by atoms with van der Waals surface area (Å²) in [5, 5.41) is 2.79. The number of carbonyl (C=O) groups is 1. The van der Waals surface area contributed by atoms with E-state index in [-0.39, 0.29) is 35.4 Å². The molecule has 0 unspecified atom stereocenters. The summed E-state index contributed by atoms with van der Waals surface area (Å²) in [7, 11) is -1.43. The number of nitrogens with one attached hydrogen (secondary N) is 1. The Balaban J connectivity index is 1.96. The van der Waals surface area contributed by atoms with Gasteiger partial charge < -0.3 is 10.2 Å². The first-order valence-electron chi connectivity index (χ1n) is 6.78. The van der Waals surface area contributed by atoms with Crippen LogP contribution in [0.3, 0.4) is 0 Å². The maximum absolute atomic E-state index is 12.9. The molecule has 116 valence electrons. The number of benzene rings is 1. The van der Waals surface area contributed by atoms with Gasteiger partial charge in [0.05, 0.1) is 17.5 Å². The van der Waals surface area contributed by atoms with Gasteiger partial charge in [-0.1, -0.05) is 12.1 Å². The molecule has 1 heterocycles. The van der Waals surface area contributed by atoms with Gasteiger partial charge in [-0.2, -0.15) is 0 Å². The topological polar surface area (TPSA) is 66.5 Å². The molecule has 0 radical (unpaired) electrons. The van der Waals surface area contributed by atoms with E-state index >= 15 is 0 Å². The lowest BCUT2D eigenvalue weighted by atomic mass is 10.1. The number of hydrogen-bond donors (Lipinski definition) is 1. The Kier molecular flexibility index (Phi) is 4.51. The van der Waals surface area contributed by atoms with Gasteiger partial charge in [0.25, 0.3) is 0 Å². The van der Waals surface area contributed by atoms with Crippen LogP contribution >= 0.6 is 0 Å². The normalized spacial score (nSPS) is 21.8. The lowest BCUT2D eigenvalue weighted by Gasteiger charge is -2.26. The third-order valence-corrected chi connectivity index (χ3v) is 5.54. The summed E-state index contributed by atoms with van der Waals surface area (Å²) in [6.07, 6.45) is 0.469. The molecule has 2 rings (SSSR count). The predicted molar refractivity (Wildman–Crippen MR) is 78.2 cm³/mol. The maximum Gasteiger partial charge on any atom is 0.317 e. The van der Waals surface area contributed by atoms with Crippen LogP contribution in [0.25, 0.3) is 0 Å². The molecule has 0 spiro atoms. The number of urea groups is 1. The summed E-state index contributed by atoms with van der Waals surface area (Å²) in [4.78, 5) is 13.6. The van der Waals surface area contributed by atoms with Crippen molar-refractivity contribution in [3.05, 3.63) is 35.6 Å². The zero-order valence-corrected chi connectivity index (χ0v) is 12.9. The minimum absolute atomic E-state index is 0.0157. The summed E-state index contributed by atoms with van der Waals surface area (Å²) in [5.74, 6) is -0.185. The van der Waals surface area contributed by atoms with Crippen molar-refractivity contribution in [1.29, 1.82) is 0 Å². The predicted octanol–water partition coefficient (Wildman–Crippen LogP) is 1.72. The largest absolute Gasteiger partial charge is 0.331 e. The number of amides is 2. The first kappa shape index (κ1) is 15.8. The monoisotopic (exact) mass is 314 g/mol. The van der Waals surface area contributed by atoms with Gasteiger partial charge in [-0.05, 0) is 31.0 Å². The van der Waals surface area contributed by atoms with Crippen LogP contribution in [-0.4, -0.2) is 43.9 Å². The highest BCUT2D eigenvalue weighted by Crippen LogP contribution is 2.18. The molecule has 1 aliphatic rings. The SMILES string of the molecule is C[C@H](NC(=O)N(C)[C@H]1CCS(=O)(=O)C1)c1ccc(F)cc1. The number of halogens is 1. The van der Waals surface area contributed by atoms with Gasteiger partial charge in [-0.15, -0.1) is 0 Å². The maximum atomic E-state index is 12.9. The Bertz CT molecular complexity index is 616. The van der Waals surface area contributed by atoms with E-state index in [0.717, 1.165) is 5.56 Å². The van der Waals surface area contributed by atoms with Gasteiger partial charge in [0, 0.05) is 13.1 Å². The lowest BCUT2D eigenvalue weighted by Crippen LogP contribution is -2.44. The van der Waals surface area contributed by atoms with Crippen LogP contribution in [0, 0.1) is 5.82 Å². The molecule has 0 aromatic heterocycles. The lowest BCUT2D eigenvalue weighted by molar-refractivity contribution is 0.192. The molecular formula is C14H19FN2O3S. The van der Waals surface area contributed by atoms with Crippen molar-refractivity contribution in [3.63, 3.8) is 0 Å². The molecule has 1 aromatic carbocycles. The second-order valence-electron chi connectivity index (χ2n) is 5.39. The van der Waals surface area contributed by atoms with E-state index in [4.69, 9.17) is 0 Å². The summed E-state index contributed by atoms with van der Waals surface area (Å²) < 4.78 is 35.8. The molecule has 1 N–H and O–H groups in total. The van der Waals surface area contributed by atoms with Gasteiger partial charge in [0.1, 0.15) is 5.82 Å². The van der Waals surface area contributed by atoms with E-state index in [1.807, 2.05) is 0 Å². The van der Waals surface area contributed by atoms with Crippen LogP contribution < -0.4 is 5.32 Å². The van der Waals surface area contributed by atoms with Gasteiger partial charge in [-0.3, -0.25) is 0 Å². The van der Waals surface area contributed by atoms with E-state index in [0.29, 0.717) is 6.42 Å². The number of sulfone groups is 1. The van der Waals surface area contributed by atoms with Crippen molar-refractivity contribution in [2.24, 2.45) is 0 Å². The van der Waals surface area contributed by atoms with E-state index in [1.165, 1.54) is 17.0 Å². The molecular weight excluding hydrogens is 295 g/mol. The molecule has 1 aromatic rings. The van der Waals surface area contributed by atoms with E-state index in [2.05, 4.69) is 5.32 Å². The highest BCUT2D eigenvalue weighted by Gasteiger charge is 2.33. The number of carbonyl (C=O) groups excluding carboxylic acids is 1. The van der Waals surface area contributed by atoms with Crippen molar-refractivity contribution in [1.82, 2.24) is 10.2 Å². The molecule has 0 saturated carbocycles. The molecule has 1 fully saturated rings. The molecule has 5 nitrogen and oxygen atoms in total. The van der Waals surface area contributed by atoms with Crippen LogP contribution in [0.1, 0.15) is 24.9 Å². The Hall–Kier alpha value is -1.63. The zero-order valence-electron chi connectivity index (χ0n) is 12.0. The summed E-state index contributed by atoms with van der Waals surface area (Å²) >= 11 is 0. The second kappa shape index (κ2) is 6.01. The molecule has 0 bridgehead atoms. The molecule has 2 amide bonds. The minimum Gasteiger partial charge on any atom is -0.331 e. The Morgan fingerprint density at radius 3 is 2.52 bits per heavy atom.